The van der Waals surface area contributed by atoms with E-state index in [0.29, 0.717) is 0 Å². The molecule has 2 heteroatoms. The molecule has 0 aromatic heterocycles. The number of ketones is 1. The molecule has 84 valence electrons. The van der Waals surface area contributed by atoms with Gasteiger partial charge in [-0.2, -0.15) is 0 Å². The summed E-state index contributed by atoms with van der Waals surface area (Å²) in [7, 11) is 0. The summed E-state index contributed by atoms with van der Waals surface area (Å²) < 4.78 is 0. The first-order valence-electron chi connectivity index (χ1n) is 5.70. The molecule has 0 radical (unpaired) electrons. The summed E-state index contributed by atoms with van der Waals surface area (Å²) in [6.07, 6.45) is 3.98. The van der Waals surface area contributed by atoms with Gasteiger partial charge in [-0.1, -0.05) is 47.5 Å². The Bertz CT molecular complexity index is 185. The number of nitrogens with two attached hydrogens (primary N) is 1. The van der Waals surface area contributed by atoms with Gasteiger partial charge in [-0.3, -0.25) is 4.79 Å². The average molecular weight is 199 g/mol. The van der Waals surface area contributed by atoms with Gasteiger partial charge in [-0.15, -0.1) is 0 Å². The molecule has 2 nitrogen and oxygen atoms in total. The van der Waals surface area contributed by atoms with Crippen molar-refractivity contribution in [2.24, 2.45) is 11.1 Å². The lowest BCUT2D eigenvalue weighted by molar-refractivity contribution is -0.131. The quantitative estimate of drug-likeness (QED) is 0.705. The summed E-state index contributed by atoms with van der Waals surface area (Å²) in [5.41, 5.74) is 5.26. The van der Waals surface area contributed by atoms with Gasteiger partial charge in [0.15, 0.2) is 5.78 Å². The molecule has 0 amide bonds. The molecule has 0 bridgehead atoms. The minimum Gasteiger partial charge on any atom is -0.319 e. The normalized spacial score (nSPS) is 19.9. The van der Waals surface area contributed by atoms with Crippen LogP contribution in [0, 0.1) is 5.41 Å². The van der Waals surface area contributed by atoms with Crippen LogP contribution in [0.15, 0.2) is 0 Å². The van der Waals surface area contributed by atoms with Gasteiger partial charge in [-0.25, -0.2) is 0 Å². The van der Waals surface area contributed by atoms with Gasteiger partial charge >= 0.3 is 0 Å². The zero-order valence-corrected chi connectivity index (χ0v) is 10.3. The highest BCUT2D eigenvalue weighted by atomic mass is 16.1. The molecule has 1 aliphatic carbocycles. The molecular formula is C12H25NO. The van der Waals surface area contributed by atoms with Crippen LogP contribution in [0.3, 0.4) is 0 Å². The molecule has 1 fully saturated rings. The van der Waals surface area contributed by atoms with E-state index < -0.39 is 5.54 Å². The minimum atomic E-state index is -0.502. The number of Topliss-reactive ketones (excluding diaryl/α,β-unsaturated/α-hetero) is 1. The van der Waals surface area contributed by atoms with Crippen molar-refractivity contribution in [2.75, 3.05) is 0 Å². The standard InChI is InChI=1S/C10H19NO.C2H6/c1-9(2,3)8(12)10(11)6-4-5-7-10;1-2/h4-7,11H2,1-3H3;1-2H3. The van der Waals surface area contributed by atoms with E-state index in [1.54, 1.807) is 0 Å². The molecule has 0 aromatic rings. The second-order valence-corrected chi connectivity index (χ2v) is 4.94. The molecule has 0 unspecified atom stereocenters. The fourth-order valence-corrected chi connectivity index (χ4v) is 1.98. The van der Waals surface area contributed by atoms with Crippen molar-refractivity contribution in [1.82, 2.24) is 0 Å². The Balaban J connectivity index is 0.000000791. The largest absolute Gasteiger partial charge is 0.319 e. The Hall–Kier alpha value is -0.370. The molecule has 1 rings (SSSR count). The maximum absolute atomic E-state index is 11.9. The summed E-state index contributed by atoms with van der Waals surface area (Å²) in [5, 5.41) is 0. The maximum atomic E-state index is 11.9. The first-order valence-corrected chi connectivity index (χ1v) is 5.70. The molecule has 0 aliphatic heterocycles. The van der Waals surface area contributed by atoms with Crippen LogP contribution in [-0.2, 0) is 4.79 Å². The van der Waals surface area contributed by atoms with Crippen molar-refractivity contribution in [3.05, 3.63) is 0 Å². The van der Waals surface area contributed by atoms with Gasteiger partial charge in [-0.05, 0) is 12.8 Å². The molecule has 1 saturated carbocycles. The molecule has 1 aliphatic rings. The van der Waals surface area contributed by atoms with Crippen LogP contribution < -0.4 is 5.73 Å². The topological polar surface area (TPSA) is 43.1 Å². The zero-order valence-electron chi connectivity index (χ0n) is 10.3. The third kappa shape index (κ3) is 3.09. The molecule has 0 atom stereocenters. The highest BCUT2D eigenvalue weighted by molar-refractivity contribution is 5.92. The van der Waals surface area contributed by atoms with E-state index in [9.17, 15) is 4.79 Å². The van der Waals surface area contributed by atoms with E-state index in [4.69, 9.17) is 5.73 Å². The molecule has 0 heterocycles. The molecular weight excluding hydrogens is 174 g/mol. The number of hydrogen-bond acceptors (Lipinski definition) is 2. The first-order chi connectivity index (χ1) is 6.36. The SMILES string of the molecule is CC.CC(C)(C)C(=O)C1(N)CCCC1. The van der Waals surface area contributed by atoms with Crippen molar-refractivity contribution in [3.8, 4) is 0 Å². The first kappa shape index (κ1) is 13.6. The van der Waals surface area contributed by atoms with Crippen LogP contribution in [0.1, 0.15) is 60.3 Å². The van der Waals surface area contributed by atoms with E-state index >= 15 is 0 Å². The monoisotopic (exact) mass is 199 g/mol. The van der Waals surface area contributed by atoms with E-state index in [-0.39, 0.29) is 11.2 Å². The van der Waals surface area contributed by atoms with Crippen LogP contribution >= 0.6 is 0 Å². The van der Waals surface area contributed by atoms with Crippen LogP contribution in [0.5, 0.6) is 0 Å². The van der Waals surface area contributed by atoms with Gasteiger partial charge in [0.2, 0.25) is 0 Å². The van der Waals surface area contributed by atoms with Gasteiger partial charge in [0.25, 0.3) is 0 Å². The second kappa shape index (κ2) is 4.92. The Morgan fingerprint density at radius 1 is 1.14 bits per heavy atom. The number of hydrogen-bond donors (Lipinski definition) is 1. The van der Waals surface area contributed by atoms with E-state index in [0.717, 1.165) is 25.7 Å². The van der Waals surface area contributed by atoms with E-state index in [2.05, 4.69) is 0 Å². The third-order valence-corrected chi connectivity index (χ3v) is 2.63. The van der Waals surface area contributed by atoms with Gasteiger partial charge in [0.1, 0.15) is 0 Å². The summed E-state index contributed by atoms with van der Waals surface area (Å²) in [6, 6.07) is 0. The molecule has 0 saturated heterocycles. The molecule has 2 N–H and O–H groups in total. The third-order valence-electron chi connectivity index (χ3n) is 2.63. The lowest BCUT2D eigenvalue weighted by atomic mass is 9.78. The van der Waals surface area contributed by atoms with Crippen LogP contribution in [0.4, 0.5) is 0 Å². The molecule has 0 aromatic carbocycles. The highest BCUT2D eigenvalue weighted by Crippen LogP contribution is 2.33. The molecule has 0 spiro atoms. The Morgan fingerprint density at radius 3 is 1.79 bits per heavy atom. The fourth-order valence-electron chi connectivity index (χ4n) is 1.98. The van der Waals surface area contributed by atoms with Crippen molar-refractivity contribution in [2.45, 2.75) is 65.8 Å². The zero-order chi connectivity index (χ0) is 11.4. The van der Waals surface area contributed by atoms with Crippen LogP contribution in [0.2, 0.25) is 0 Å². The summed E-state index contributed by atoms with van der Waals surface area (Å²) >= 11 is 0. The van der Waals surface area contributed by atoms with Crippen molar-refractivity contribution >= 4 is 5.78 Å². The fraction of sp³-hybridized carbons (Fsp3) is 0.917. The second-order valence-electron chi connectivity index (χ2n) is 4.94. The van der Waals surface area contributed by atoms with Crippen molar-refractivity contribution < 1.29 is 4.79 Å². The smallest absolute Gasteiger partial charge is 0.157 e. The van der Waals surface area contributed by atoms with Crippen molar-refractivity contribution in [3.63, 3.8) is 0 Å². The lowest BCUT2D eigenvalue weighted by Crippen LogP contribution is -2.50. The number of rotatable bonds is 1. The Labute approximate surface area is 88.3 Å². The van der Waals surface area contributed by atoms with Gasteiger partial charge < -0.3 is 5.73 Å². The number of carbonyl (C=O) groups is 1. The van der Waals surface area contributed by atoms with Crippen LogP contribution in [0.25, 0.3) is 0 Å². The lowest BCUT2D eigenvalue weighted by Gasteiger charge is -2.29. The number of carbonyl (C=O) groups excluding carboxylic acids is 1. The average Bonchev–Trinajstić information content (AvgIpc) is 2.54. The Morgan fingerprint density at radius 2 is 1.50 bits per heavy atom. The summed E-state index contributed by atoms with van der Waals surface area (Å²) in [6.45, 7) is 9.84. The predicted octanol–water partition coefficient (Wildman–Crippen LogP) is 2.90. The highest BCUT2D eigenvalue weighted by Gasteiger charge is 2.42. The minimum absolute atomic E-state index is 0.229. The van der Waals surface area contributed by atoms with Crippen LogP contribution in [-0.4, -0.2) is 11.3 Å². The van der Waals surface area contributed by atoms with Gasteiger partial charge in [0.05, 0.1) is 5.54 Å². The Kier molecular flexibility index (Phi) is 4.79. The van der Waals surface area contributed by atoms with E-state index in [1.807, 2.05) is 34.6 Å². The molecule has 14 heavy (non-hydrogen) atoms. The summed E-state index contributed by atoms with van der Waals surface area (Å²) in [4.78, 5) is 11.9. The maximum Gasteiger partial charge on any atom is 0.157 e. The summed E-state index contributed by atoms with van der Waals surface area (Å²) in [5.74, 6) is 0.229. The van der Waals surface area contributed by atoms with E-state index in [1.165, 1.54) is 0 Å². The van der Waals surface area contributed by atoms with Gasteiger partial charge in [0, 0.05) is 5.41 Å². The predicted molar refractivity (Wildman–Crippen MR) is 61.2 cm³/mol. The van der Waals surface area contributed by atoms with Crippen molar-refractivity contribution in [1.29, 1.82) is 0 Å².